The topological polar surface area (TPSA) is 18.5 Å². The quantitative estimate of drug-likeness (QED) is 0.782. The molecule has 17 heavy (non-hydrogen) atoms. The molecule has 1 heterocycles. The summed E-state index contributed by atoms with van der Waals surface area (Å²) >= 11 is 0. The van der Waals surface area contributed by atoms with Gasteiger partial charge in [-0.3, -0.25) is 0 Å². The van der Waals surface area contributed by atoms with E-state index in [9.17, 15) is 0 Å². The van der Waals surface area contributed by atoms with Gasteiger partial charge >= 0.3 is 0 Å². The van der Waals surface area contributed by atoms with Crippen molar-refractivity contribution in [2.24, 2.45) is 0 Å². The maximum Gasteiger partial charge on any atom is 0.119 e. The molecule has 0 aliphatic carbocycles. The molecule has 0 aromatic heterocycles. The number of rotatable bonds is 2. The number of ether oxygens (including phenoxy) is 2. The molecule has 86 valence electrons. The van der Waals surface area contributed by atoms with E-state index >= 15 is 0 Å². The molecule has 0 saturated carbocycles. The molecule has 3 rings (SSSR count). The van der Waals surface area contributed by atoms with Crippen LogP contribution in [0.3, 0.4) is 0 Å². The van der Waals surface area contributed by atoms with Crippen molar-refractivity contribution < 1.29 is 9.47 Å². The third-order valence-corrected chi connectivity index (χ3v) is 3.14. The maximum atomic E-state index is 5.85. The maximum absolute atomic E-state index is 5.85. The molecule has 0 saturated heterocycles. The molecule has 0 bridgehead atoms. The average Bonchev–Trinajstić information content (AvgIpc) is 2.82. The largest absolute Gasteiger partial charge is 0.497 e. The highest BCUT2D eigenvalue weighted by atomic mass is 16.5. The van der Waals surface area contributed by atoms with Crippen LogP contribution in [0.2, 0.25) is 0 Å². The first-order valence-corrected chi connectivity index (χ1v) is 5.72. The minimum atomic E-state index is 0.0429. The van der Waals surface area contributed by atoms with Crippen LogP contribution in [0, 0.1) is 0 Å². The molecule has 0 N–H and O–H groups in total. The van der Waals surface area contributed by atoms with Crippen LogP contribution in [0.15, 0.2) is 48.5 Å². The number of hydrogen-bond donors (Lipinski definition) is 0. The van der Waals surface area contributed by atoms with Gasteiger partial charge in [0.2, 0.25) is 0 Å². The second-order valence-corrected chi connectivity index (χ2v) is 4.17. The van der Waals surface area contributed by atoms with Crippen LogP contribution >= 0.6 is 0 Å². The molecule has 2 aromatic rings. The van der Waals surface area contributed by atoms with Gasteiger partial charge in [0.15, 0.2) is 0 Å². The van der Waals surface area contributed by atoms with E-state index in [-0.39, 0.29) is 6.10 Å². The third kappa shape index (κ3) is 1.81. The molecular formula is C15H14O2. The van der Waals surface area contributed by atoms with Crippen molar-refractivity contribution in [1.82, 2.24) is 0 Å². The molecule has 1 atom stereocenters. The van der Waals surface area contributed by atoms with E-state index in [0.29, 0.717) is 6.61 Å². The fourth-order valence-electron chi connectivity index (χ4n) is 2.24. The van der Waals surface area contributed by atoms with Crippen LogP contribution < -0.4 is 4.74 Å². The van der Waals surface area contributed by atoms with Crippen molar-refractivity contribution in [2.45, 2.75) is 12.7 Å². The normalized spacial score (nSPS) is 17.8. The fraction of sp³-hybridized carbons (Fsp3) is 0.200. The highest BCUT2D eigenvalue weighted by molar-refractivity contribution is 5.43. The standard InChI is InChI=1S/C15H14O2/c1-16-13-8-7-12-10-17-15(14(12)9-13)11-5-3-2-4-6-11/h2-9,15H,10H2,1H3. The molecule has 1 aliphatic rings. The third-order valence-electron chi connectivity index (χ3n) is 3.14. The summed E-state index contributed by atoms with van der Waals surface area (Å²) < 4.78 is 11.1. The van der Waals surface area contributed by atoms with Gasteiger partial charge in [0.05, 0.1) is 13.7 Å². The Morgan fingerprint density at radius 2 is 1.94 bits per heavy atom. The van der Waals surface area contributed by atoms with Crippen LogP contribution in [0.25, 0.3) is 0 Å². The van der Waals surface area contributed by atoms with E-state index in [2.05, 4.69) is 24.3 Å². The Hall–Kier alpha value is -1.80. The van der Waals surface area contributed by atoms with E-state index in [1.807, 2.05) is 24.3 Å². The van der Waals surface area contributed by atoms with E-state index in [1.54, 1.807) is 7.11 Å². The second-order valence-electron chi connectivity index (χ2n) is 4.17. The SMILES string of the molecule is COc1ccc2c(c1)C(c1ccccc1)OC2. The number of benzene rings is 2. The Labute approximate surface area is 101 Å². The lowest BCUT2D eigenvalue weighted by Crippen LogP contribution is -1.98. The van der Waals surface area contributed by atoms with Crippen molar-refractivity contribution in [3.8, 4) is 5.75 Å². The van der Waals surface area contributed by atoms with E-state index in [4.69, 9.17) is 9.47 Å². The average molecular weight is 226 g/mol. The lowest BCUT2D eigenvalue weighted by molar-refractivity contribution is 0.0939. The van der Waals surface area contributed by atoms with Gasteiger partial charge in [0.25, 0.3) is 0 Å². The minimum absolute atomic E-state index is 0.0429. The summed E-state index contributed by atoms with van der Waals surface area (Å²) in [7, 11) is 1.69. The Balaban J connectivity index is 2.03. The molecule has 0 amide bonds. The number of methoxy groups -OCH3 is 1. The predicted molar refractivity (Wildman–Crippen MR) is 66.1 cm³/mol. The van der Waals surface area contributed by atoms with Crippen LogP contribution in [0.4, 0.5) is 0 Å². The van der Waals surface area contributed by atoms with E-state index in [1.165, 1.54) is 16.7 Å². The molecule has 2 nitrogen and oxygen atoms in total. The highest BCUT2D eigenvalue weighted by Crippen LogP contribution is 2.37. The molecule has 0 radical (unpaired) electrons. The summed E-state index contributed by atoms with van der Waals surface area (Å²) in [6.45, 7) is 0.679. The Morgan fingerprint density at radius 3 is 2.71 bits per heavy atom. The van der Waals surface area contributed by atoms with Gasteiger partial charge in [0.1, 0.15) is 11.9 Å². The molecule has 0 spiro atoms. The van der Waals surface area contributed by atoms with Crippen LogP contribution in [-0.2, 0) is 11.3 Å². The summed E-state index contributed by atoms with van der Waals surface area (Å²) in [4.78, 5) is 0. The fourth-order valence-corrected chi connectivity index (χ4v) is 2.24. The lowest BCUT2D eigenvalue weighted by atomic mass is 9.99. The van der Waals surface area contributed by atoms with Gasteiger partial charge in [-0.2, -0.15) is 0 Å². The van der Waals surface area contributed by atoms with Gasteiger partial charge in [0, 0.05) is 0 Å². The van der Waals surface area contributed by atoms with Crippen molar-refractivity contribution in [1.29, 1.82) is 0 Å². The van der Waals surface area contributed by atoms with Crippen molar-refractivity contribution in [3.63, 3.8) is 0 Å². The molecule has 1 aliphatic heterocycles. The van der Waals surface area contributed by atoms with Gasteiger partial charge in [-0.25, -0.2) is 0 Å². The Kier molecular flexibility index (Phi) is 2.57. The van der Waals surface area contributed by atoms with Crippen LogP contribution in [0.1, 0.15) is 22.8 Å². The monoisotopic (exact) mass is 226 g/mol. The van der Waals surface area contributed by atoms with Crippen LogP contribution in [0.5, 0.6) is 5.75 Å². The lowest BCUT2D eigenvalue weighted by Gasteiger charge is -2.12. The molecular weight excluding hydrogens is 212 g/mol. The van der Waals surface area contributed by atoms with Crippen LogP contribution in [-0.4, -0.2) is 7.11 Å². The van der Waals surface area contributed by atoms with Gasteiger partial charge in [-0.15, -0.1) is 0 Å². The zero-order valence-corrected chi connectivity index (χ0v) is 9.72. The first kappa shape index (κ1) is 10.4. The van der Waals surface area contributed by atoms with Gasteiger partial charge in [-0.05, 0) is 28.8 Å². The summed E-state index contributed by atoms with van der Waals surface area (Å²) in [5.41, 5.74) is 3.66. The summed E-state index contributed by atoms with van der Waals surface area (Å²) in [6, 6.07) is 16.4. The van der Waals surface area contributed by atoms with Gasteiger partial charge < -0.3 is 9.47 Å². The van der Waals surface area contributed by atoms with Crippen molar-refractivity contribution in [3.05, 3.63) is 65.2 Å². The first-order chi connectivity index (χ1) is 8.38. The zero-order valence-electron chi connectivity index (χ0n) is 9.72. The predicted octanol–water partition coefficient (Wildman–Crippen LogP) is 3.31. The van der Waals surface area contributed by atoms with Crippen molar-refractivity contribution in [2.75, 3.05) is 7.11 Å². The number of hydrogen-bond acceptors (Lipinski definition) is 2. The Bertz CT molecular complexity index is 520. The van der Waals surface area contributed by atoms with E-state index < -0.39 is 0 Å². The highest BCUT2D eigenvalue weighted by Gasteiger charge is 2.24. The first-order valence-electron chi connectivity index (χ1n) is 5.72. The van der Waals surface area contributed by atoms with E-state index in [0.717, 1.165) is 5.75 Å². The molecule has 2 aromatic carbocycles. The molecule has 1 unspecified atom stereocenters. The zero-order chi connectivity index (χ0) is 11.7. The summed E-state index contributed by atoms with van der Waals surface area (Å²) in [5, 5.41) is 0. The Morgan fingerprint density at radius 1 is 1.12 bits per heavy atom. The minimum Gasteiger partial charge on any atom is -0.497 e. The summed E-state index contributed by atoms with van der Waals surface area (Å²) in [6.07, 6.45) is 0.0429. The van der Waals surface area contributed by atoms with Gasteiger partial charge in [-0.1, -0.05) is 36.4 Å². The molecule has 2 heteroatoms. The summed E-state index contributed by atoms with van der Waals surface area (Å²) in [5.74, 6) is 0.884. The molecule has 0 fully saturated rings. The van der Waals surface area contributed by atoms with Crippen molar-refractivity contribution >= 4 is 0 Å². The second kappa shape index (κ2) is 4.22. The number of fused-ring (bicyclic) bond motifs is 1. The smallest absolute Gasteiger partial charge is 0.119 e.